The van der Waals surface area contributed by atoms with Crippen LogP contribution >= 0.6 is 0 Å². The molecule has 0 fully saturated rings. The standard InChI is InChI=1S/C16H21N3O/c1-11(2)20-15-6-4-5-14(16(15)17)19-10-13-9-18-8-7-12(13)3/h4-9,11,19H,10,17H2,1-3H3. The number of aromatic nitrogens is 1. The van der Waals surface area contributed by atoms with E-state index < -0.39 is 0 Å². The van der Waals surface area contributed by atoms with Crippen molar-refractivity contribution in [1.29, 1.82) is 0 Å². The lowest BCUT2D eigenvalue weighted by Crippen LogP contribution is -2.09. The Morgan fingerprint density at radius 2 is 2.10 bits per heavy atom. The summed E-state index contributed by atoms with van der Waals surface area (Å²) in [5.74, 6) is 0.716. The maximum absolute atomic E-state index is 6.13. The Kier molecular flexibility index (Phi) is 4.45. The molecule has 1 aromatic heterocycles. The van der Waals surface area contributed by atoms with Crippen LogP contribution in [-0.2, 0) is 6.54 Å². The maximum atomic E-state index is 6.13. The number of rotatable bonds is 5. The number of hydrogen-bond acceptors (Lipinski definition) is 4. The largest absolute Gasteiger partial charge is 0.489 e. The van der Waals surface area contributed by atoms with Crippen molar-refractivity contribution in [3.05, 3.63) is 47.8 Å². The van der Waals surface area contributed by atoms with E-state index in [9.17, 15) is 0 Å². The van der Waals surface area contributed by atoms with Gasteiger partial charge in [-0.15, -0.1) is 0 Å². The number of para-hydroxylation sites is 1. The smallest absolute Gasteiger partial charge is 0.144 e. The Labute approximate surface area is 120 Å². The summed E-state index contributed by atoms with van der Waals surface area (Å²) in [4.78, 5) is 4.14. The molecular weight excluding hydrogens is 250 g/mol. The number of nitrogens with two attached hydrogens (primary N) is 1. The molecule has 0 bridgehead atoms. The van der Waals surface area contributed by atoms with Gasteiger partial charge in [0, 0.05) is 18.9 Å². The number of nitrogen functional groups attached to an aromatic ring is 1. The maximum Gasteiger partial charge on any atom is 0.144 e. The molecule has 106 valence electrons. The Bertz CT molecular complexity index is 582. The van der Waals surface area contributed by atoms with Crippen LogP contribution < -0.4 is 15.8 Å². The lowest BCUT2D eigenvalue weighted by Gasteiger charge is -2.16. The molecule has 0 radical (unpaired) electrons. The van der Waals surface area contributed by atoms with Crippen LogP contribution in [0.15, 0.2) is 36.7 Å². The van der Waals surface area contributed by atoms with Crippen LogP contribution in [0, 0.1) is 6.92 Å². The first-order valence-corrected chi connectivity index (χ1v) is 6.76. The fourth-order valence-electron chi connectivity index (χ4n) is 1.93. The number of nitrogens with one attached hydrogen (secondary N) is 1. The van der Waals surface area contributed by atoms with E-state index in [-0.39, 0.29) is 6.10 Å². The lowest BCUT2D eigenvalue weighted by molar-refractivity contribution is 0.244. The molecule has 1 heterocycles. The molecule has 0 aliphatic heterocycles. The average molecular weight is 271 g/mol. The van der Waals surface area contributed by atoms with Gasteiger partial charge in [0.25, 0.3) is 0 Å². The molecule has 1 aromatic carbocycles. The quantitative estimate of drug-likeness (QED) is 0.818. The third-order valence-electron chi connectivity index (χ3n) is 3.05. The van der Waals surface area contributed by atoms with Gasteiger partial charge in [0.2, 0.25) is 0 Å². The van der Waals surface area contributed by atoms with Gasteiger partial charge in [-0.25, -0.2) is 0 Å². The molecule has 0 unspecified atom stereocenters. The molecule has 0 aliphatic carbocycles. The van der Waals surface area contributed by atoms with E-state index in [1.165, 1.54) is 5.56 Å². The lowest BCUT2D eigenvalue weighted by atomic mass is 10.1. The molecule has 2 rings (SSSR count). The fraction of sp³-hybridized carbons (Fsp3) is 0.312. The van der Waals surface area contributed by atoms with Gasteiger partial charge in [0.15, 0.2) is 0 Å². The molecule has 0 saturated carbocycles. The van der Waals surface area contributed by atoms with E-state index in [1.54, 1.807) is 6.20 Å². The van der Waals surface area contributed by atoms with Crippen molar-refractivity contribution < 1.29 is 4.74 Å². The Morgan fingerprint density at radius 3 is 2.80 bits per heavy atom. The summed E-state index contributed by atoms with van der Waals surface area (Å²) in [5.41, 5.74) is 10.0. The zero-order valence-electron chi connectivity index (χ0n) is 12.2. The van der Waals surface area contributed by atoms with Crippen LogP contribution in [0.1, 0.15) is 25.0 Å². The van der Waals surface area contributed by atoms with Crippen LogP contribution in [0.3, 0.4) is 0 Å². The first-order chi connectivity index (χ1) is 9.58. The number of hydrogen-bond donors (Lipinski definition) is 2. The molecular formula is C16H21N3O. The van der Waals surface area contributed by atoms with Crippen LogP contribution in [-0.4, -0.2) is 11.1 Å². The topological polar surface area (TPSA) is 60.2 Å². The number of anilines is 2. The van der Waals surface area contributed by atoms with Gasteiger partial charge in [-0.05, 0) is 50.1 Å². The second kappa shape index (κ2) is 6.28. The van der Waals surface area contributed by atoms with Crippen molar-refractivity contribution >= 4 is 11.4 Å². The third kappa shape index (κ3) is 3.41. The normalized spacial score (nSPS) is 10.6. The minimum atomic E-state index is 0.105. The van der Waals surface area contributed by atoms with Crippen LogP contribution in [0.4, 0.5) is 11.4 Å². The first kappa shape index (κ1) is 14.2. The van der Waals surface area contributed by atoms with Crippen molar-refractivity contribution in [2.24, 2.45) is 0 Å². The summed E-state index contributed by atoms with van der Waals surface area (Å²) in [5, 5.41) is 3.34. The number of benzene rings is 1. The second-order valence-electron chi connectivity index (χ2n) is 5.04. The molecule has 0 atom stereocenters. The highest BCUT2D eigenvalue weighted by Crippen LogP contribution is 2.30. The SMILES string of the molecule is Cc1ccncc1CNc1cccc(OC(C)C)c1N. The summed E-state index contributed by atoms with van der Waals surface area (Å²) in [6.45, 7) is 6.73. The minimum absolute atomic E-state index is 0.105. The third-order valence-corrected chi connectivity index (χ3v) is 3.05. The van der Waals surface area contributed by atoms with Gasteiger partial charge in [0.1, 0.15) is 5.75 Å². The first-order valence-electron chi connectivity index (χ1n) is 6.76. The highest BCUT2D eigenvalue weighted by Gasteiger charge is 2.07. The summed E-state index contributed by atoms with van der Waals surface area (Å²) < 4.78 is 5.68. The van der Waals surface area contributed by atoms with Crippen molar-refractivity contribution in [2.75, 3.05) is 11.1 Å². The zero-order valence-corrected chi connectivity index (χ0v) is 12.2. The average Bonchev–Trinajstić information content (AvgIpc) is 2.41. The molecule has 4 nitrogen and oxygen atoms in total. The Balaban J connectivity index is 2.12. The second-order valence-corrected chi connectivity index (χ2v) is 5.04. The molecule has 0 aliphatic rings. The Hall–Kier alpha value is -2.23. The van der Waals surface area contributed by atoms with Gasteiger partial charge >= 0.3 is 0 Å². The summed E-state index contributed by atoms with van der Waals surface area (Å²) in [7, 11) is 0. The molecule has 0 saturated heterocycles. The molecule has 3 N–H and O–H groups in total. The van der Waals surface area contributed by atoms with E-state index in [1.807, 2.05) is 44.3 Å². The van der Waals surface area contributed by atoms with Gasteiger partial charge in [-0.2, -0.15) is 0 Å². The predicted molar refractivity (Wildman–Crippen MR) is 82.9 cm³/mol. The van der Waals surface area contributed by atoms with Gasteiger partial charge in [-0.3, -0.25) is 4.98 Å². The van der Waals surface area contributed by atoms with Crippen LogP contribution in [0.2, 0.25) is 0 Å². The molecule has 20 heavy (non-hydrogen) atoms. The molecule has 4 heteroatoms. The van der Waals surface area contributed by atoms with Crippen molar-refractivity contribution in [1.82, 2.24) is 4.98 Å². The highest BCUT2D eigenvalue weighted by atomic mass is 16.5. The fourth-order valence-corrected chi connectivity index (χ4v) is 1.93. The van der Waals surface area contributed by atoms with E-state index in [2.05, 4.69) is 17.2 Å². The van der Waals surface area contributed by atoms with Crippen LogP contribution in [0.5, 0.6) is 5.75 Å². The number of aryl methyl sites for hydroxylation is 1. The van der Waals surface area contributed by atoms with Gasteiger partial charge in [0.05, 0.1) is 17.5 Å². The van der Waals surface area contributed by atoms with Crippen molar-refractivity contribution in [2.45, 2.75) is 33.4 Å². The van der Waals surface area contributed by atoms with E-state index in [4.69, 9.17) is 10.5 Å². The monoisotopic (exact) mass is 271 g/mol. The number of pyridine rings is 1. The number of ether oxygens (including phenoxy) is 1. The molecule has 0 spiro atoms. The van der Waals surface area contributed by atoms with Gasteiger partial charge in [-0.1, -0.05) is 6.07 Å². The van der Waals surface area contributed by atoms with Crippen LogP contribution in [0.25, 0.3) is 0 Å². The minimum Gasteiger partial charge on any atom is -0.489 e. The van der Waals surface area contributed by atoms with Crippen molar-refractivity contribution in [3.8, 4) is 5.75 Å². The zero-order chi connectivity index (χ0) is 14.5. The number of nitrogens with zero attached hydrogens (tertiary/aromatic N) is 1. The van der Waals surface area contributed by atoms with E-state index in [0.717, 1.165) is 11.3 Å². The summed E-state index contributed by atoms with van der Waals surface area (Å²) >= 11 is 0. The molecule has 0 amide bonds. The van der Waals surface area contributed by atoms with E-state index >= 15 is 0 Å². The highest BCUT2D eigenvalue weighted by molar-refractivity contribution is 5.73. The molecule has 2 aromatic rings. The van der Waals surface area contributed by atoms with Gasteiger partial charge < -0.3 is 15.8 Å². The Morgan fingerprint density at radius 1 is 1.30 bits per heavy atom. The predicted octanol–water partition coefficient (Wildman–Crippen LogP) is 3.37. The summed E-state index contributed by atoms with van der Waals surface area (Å²) in [6, 6.07) is 7.77. The van der Waals surface area contributed by atoms with Crippen molar-refractivity contribution in [3.63, 3.8) is 0 Å². The van der Waals surface area contributed by atoms with E-state index in [0.29, 0.717) is 18.0 Å². The summed E-state index contributed by atoms with van der Waals surface area (Å²) in [6.07, 6.45) is 3.77.